The van der Waals surface area contributed by atoms with Gasteiger partial charge in [-0.15, -0.1) is 0 Å². The van der Waals surface area contributed by atoms with Crippen molar-refractivity contribution in [2.45, 2.75) is 39.2 Å². The summed E-state index contributed by atoms with van der Waals surface area (Å²) in [6.07, 6.45) is 1.82. The molecule has 0 radical (unpaired) electrons. The van der Waals surface area contributed by atoms with E-state index in [-0.39, 0.29) is 11.8 Å². The van der Waals surface area contributed by atoms with Crippen LogP contribution in [0.3, 0.4) is 0 Å². The largest absolute Gasteiger partial charge is 0.496 e. The Kier molecular flexibility index (Phi) is 7.95. The topological polar surface area (TPSA) is 67.4 Å². The van der Waals surface area contributed by atoms with Gasteiger partial charge >= 0.3 is 0 Å². The van der Waals surface area contributed by atoms with Crippen LogP contribution in [0.4, 0.5) is 0 Å². The molecule has 0 fully saturated rings. The molecule has 0 saturated heterocycles. The summed E-state index contributed by atoms with van der Waals surface area (Å²) in [7, 11) is 1.61. The Balaban J connectivity index is 2.42. The van der Waals surface area contributed by atoms with E-state index < -0.39 is 6.04 Å². The van der Waals surface area contributed by atoms with E-state index in [4.69, 9.17) is 4.74 Å². The van der Waals surface area contributed by atoms with E-state index in [0.717, 1.165) is 22.2 Å². The van der Waals surface area contributed by atoms with E-state index in [0.29, 0.717) is 19.4 Å². The van der Waals surface area contributed by atoms with Crippen LogP contribution >= 0.6 is 15.9 Å². The molecule has 0 bridgehead atoms. The van der Waals surface area contributed by atoms with Crippen molar-refractivity contribution in [2.75, 3.05) is 13.7 Å². The second-order valence-corrected chi connectivity index (χ2v) is 5.90. The first kappa shape index (κ1) is 18.5. The fourth-order valence-electron chi connectivity index (χ4n) is 1.90. The Morgan fingerprint density at radius 1 is 1.36 bits per heavy atom. The molecule has 1 aromatic rings. The molecule has 0 aliphatic rings. The number of ether oxygens (including phenoxy) is 1. The number of aryl methyl sites for hydroxylation is 1. The number of rotatable bonds is 8. The van der Waals surface area contributed by atoms with Gasteiger partial charge in [-0.25, -0.2) is 0 Å². The van der Waals surface area contributed by atoms with Crippen molar-refractivity contribution in [1.82, 2.24) is 10.6 Å². The van der Waals surface area contributed by atoms with Crippen LogP contribution < -0.4 is 15.4 Å². The summed E-state index contributed by atoms with van der Waals surface area (Å²) in [6.45, 7) is 4.29. The molecule has 122 valence electrons. The zero-order chi connectivity index (χ0) is 16.5. The van der Waals surface area contributed by atoms with Crippen LogP contribution in [0.2, 0.25) is 0 Å². The fraction of sp³-hybridized carbons (Fsp3) is 0.500. The first-order valence-corrected chi connectivity index (χ1v) is 8.16. The maximum atomic E-state index is 11.9. The molecule has 2 N–H and O–H groups in total. The van der Waals surface area contributed by atoms with E-state index in [2.05, 4.69) is 26.6 Å². The number of hydrogen-bond donors (Lipinski definition) is 2. The van der Waals surface area contributed by atoms with Crippen LogP contribution in [0.15, 0.2) is 22.7 Å². The van der Waals surface area contributed by atoms with Gasteiger partial charge in [0.25, 0.3) is 0 Å². The van der Waals surface area contributed by atoms with Crippen molar-refractivity contribution >= 4 is 27.7 Å². The molecule has 0 aliphatic heterocycles. The summed E-state index contributed by atoms with van der Waals surface area (Å²) in [6, 6.07) is 5.21. The molecule has 6 heteroatoms. The quantitative estimate of drug-likeness (QED) is 0.738. The summed E-state index contributed by atoms with van der Waals surface area (Å²) in [5, 5.41) is 5.47. The molecule has 1 unspecified atom stereocenters. The summed E-state index contributed by atoms with van der Waals surface area (Å²) in [5.74, 6) is 0.475. The normalized spacial score (nSPS) is 11.6. The van der Waals surface area contributed by atoms with Gasteiger partial charge in [0, 0.05) is 13.0 Å². The van der Waals surface area contributed by atoms with E-state index in [1.165, 1.54) is 0 Å². The highest BCUT2D eigenvalue weighted by Crippen LogP contribution is 2.25. The average molecular weight is 371 g/mol. The second kappa shape index (κ2) is 9.46. The molecular formula is C16H23BrN2O3. The lowest BCUT2D eigenvalue weighted by Crippen LogP contribution is -2.45. The molecular weight excluding hydrogens is 348 g/mol. The maximum absolute atomic E-state index is 11.9. The highest BCUT2D eigenvalue weighted by molar-refractivity contribution is 9.10. The Hall–Kier alpha value is -1.56. The standard InChI is InChI=1S/C16H23BrN2O3/c1-4-9-18-16(21)11(2)19-15(20)8-6-12-5-7-14(22-3)13(17)10-12/h5,7,10-11H,4,6,8-9H2,1-3H3,(H,18,21)(H,19,20). The van der Waals surface area contributed by atoms with Gasteiger partial charge in [0.2, 0.25) is 11.8 Å². The van der Waals surface area contributed by atoms with E-state index in [1.54, 1.807) is 14.0 Å². The third-order valence-corrected chi connectivity index (χ3v) is 3.80. The fourth-order valence-corrected chi connectivity index (χ4v) is 2.49. The summed E-state index contributed by atoms with van der Waals surface area (Å²) >= 11 is 3.42. The minimum Gasteiger partial charge on any atom is -0.496 e. The average Bonchev–Trinajstić information content (AvgIpc) is 2.50. The van der Waals surface area contributed by atoms with Crippen molar-refractivity contribution in [3.8, 4) is 5.75 Å². The van der Waals surface area contributed by atoms with Gasteiger partial charge in [0.05, 0.1) is 11.6 Å². The molecule has 0 aromatic heterocycles. The maximum Gasteiger partial charge on any atom is 0.242 e. The smallest absolute Gasteiger partial charge is 0.242 e. The Labute approximate surface area is 139 Å². The zero-order valence-corrected chi connectivity index (χ0v) is 14.8. The Bertz CT molecular complexity index is 520. The molecule has 0 heterocycles. The highest BCUT2D eigenvalue weighted by atomic mass is 79.9. The monoisotopic (exact) mass is 370 g/mol. The van der Waals surface area contributed by atoms with Crippen molar-refractivity contribution in [3.63, 3.8) is 0 Å². The van der Waals surface area contributed by atoms with Crippen LogP contribution in [-0.2, 0) is 16.0 Å². The number of carbonyl (C=O) groups is 2. The van der Waals surface area contributed by atoms with Crippen LogP contribution in [0, 0.1) is 0 Å². The predicted molar refractivity (Wildman–Crippen MR) is 89.9 cm³/mol. The van der Waals surface area contributed by atoms with Crippen molar-refractivity contribution in [1.29, 1.82) is 0 Å². The first-order valence-electron chi connectivity index (χ1n) is 7.37. The van der Waals surface area contributed by atoms with Crippen LogP contribution in [0.5, 0.6) is 5.75 Å². The molecule has 1 rings (SSSR count). The number of halogens is 1. The molecule has 2 amide bonds. The molecule has 0 spiro atoms. The first-order chi connectivity index (χ1) is 10.5. The molecule has 22 heavy (non-hydrogen) atoms. The lowest BCUT2D eigenvalue weighted by atomic mass is 10.1. The van der Waals surface area contributed by atoms with Crippen molar-refractivity contribution in [3.05, 3.63) is 28.2 Å². The third kappa shape index (κ3) is 6.05. The minimum absolute atomic E-state index is 0.133. The Morgan fingerprint density at radius 2 is 2.09 bits per heavy atom. The number of amides is 2. The third-order valence-electron chi connectivity index (χ3n) is 3.18. The number of hydrogen-bond acceptors (Lipinski definition) is 3. The number of benzene rings is 1. The molecule has 1 atom stereocenters. The van der Waals surface area contributed by atoms with Gasteiger partial charge in [-0.3, -0.25) is 9.59 Å². The molecule has 0 saturated carbocycles. The van der Waals surface area contributed by atoms with Crippen molar-refractivity contribution < 1.29 is 14.3 Å². The molecule has 5 nitrogen and oxygen atoms in total. The van der Waals surface area contributed by atoms with E-state index in [1.807, 2.05) is 25.1 Å². The number of carbonyl (C=O) groups excluding carboxylic acids is 2. The summed E-state index contributed by atoms with van der Waals surface area (Å²) in [4.78, 5) is 23.6. The SMILES string of the molecule is CCCNC(=O)C(C)NC(=O)CCc1ccc(OC)c(Br)c1. The van der Waals surface area contributed by atoms with Gasteiger partial charge in [0.15, 0.2) is 0 Å². The number of nitrogens with one attached hydrogen (secondary N) is 2. The lowest BCUT2D eigenvalue weighted by molar-refractivity contribution is -0.128. The van der Waals surface area contributed by atoms with Gasteiger partial charge < -0.3 is 15.4 Å². The lowest BCUT2D eigenvalue weighted by Gasteiger charge is -2.14. The molecule has 0 aliphatic carbocycles. The van der Waals surface area contributed by atoms with Gasteiger partial charge in [-0.1, -0.05) is 13.0 Å². The van der Waals surface area contributed by atoms with Crippen molar-refractivity contribution in [2.24, 2.45) is 0 Å². The molecule has 1 aromatic carbocycles. The van der Waals surface area contributed by atoms with Gasteiger partial charge in [-0.05, 0) is 53.4 Å². The van der Waals surface area contributed by atoms with E-state index >= 15 is 0 Å². The van der Waals surface area contributed by atoms with Crippen LogP contribution in [0.1, 0.15) is 32.3 Å². The predicted octanol–water partition coefficient (Wildman–Crippen LogP) is 2.42. The summed E-state index contributed by atoms with van der Waals surface area (Å²) in [5.41, 5.74) is 1.03. The summed E-state index contributed by atoms with van der Waals surface area (Å²) < 4.78 is 6.03. The van der Waals surface area contributed by atoms with E-state index in [9.17, 15) is 9.59 Å². The Morgan fingerprint density at radius 3 is 2.68 bits per heavy atom. The number of methoxy groups -OCH3 is 1. The minimum atomic E-state index is -0.512. The second-order valence-electron chi connectivity index (χ2n) is 5.05. The van der Waals surface area contributed by atoms with Crippen LogP contribution in [0.25, 0.3) is 0 Å². The van der Waals surface area contributed by atoms with Gasteiger partial charge in [0.1, 0.15) is 11.8 Å². The zero-order valence-electron chi connectivity index (χ0n) is 13.2. The highest BCUT2D eigenvalue weighted by Gasteiger charge is 2.14. The van der Waals surface area contributed by atoms with Gasteiger partial charge in [-0.2, -0.15) is 0 Å². The van der Waals surface area contributed by atoms with Crippen LogP contribution in [-0.4, -0.2) is 31.5 Å².